The fourth-order valence-corrected chi connectivity index (χ4v) is 5.06. The summed E-state index contributed by atoms with van der Waals surface area (Å²) < 4.78 is 1.01. The first-order valence-corrected chi connectivity index (χ1v) is 8.91. The Kier molecular flexibility index (Phi) is 3.51. The third-order valence-electron chi connectivity index (χ3n) is 4.36. The zero-order chi connectivity index (χ0) is 15.2. The van der Waals surface area contributed by atoms with Crippen molar-refractivity contribution in [3.8, 4) is 0 Å². The lowest BCUT2D eigenvalue weighted by Gasteiger charge is -2.37. The van der Waals surface area contributed by atoms with Crippen LogP contribution in [0.5, 0.6) is 0 Å². The Balaban J connectivity index is 1.84. The maximum Gasteiger partial charge on any atom is 0.246 e. The molecule has 5 heteroatoms. The molecule has 2 atom stereocenters. The molecule has 1 saturated heterocycles. The van der Waals surface area contributed by atoms with Gasteiger partial charge >= 0.3 is 0 Å². The minimum absolute atomic E-state index is 0.0769. The first kappa shape index (κ1) is 14.3. The van der Waals surface area contributed by atoms with Crippen LogP contribution in [0, 0.1) is 0 Å². The van der Waals surface area contributed by atoms with Gasteiger partial charge in [-0.3, -0.25) is 10.1 Å². The van der Waals surface area contributed by atoms with Gasteiger partial charge in [-0.05, 0) is 35.7 Å². The summed E-state index contributed by atoms with van der Waals surface area (Å²) in [5.41, 5.74) is 1.72. The molecule has 2 aliphatic heterocycles. The van der Waals surface area contributed by atoms with E-state index in [1.807, 2.05) is 23.9 Å². The van der Waals surface area contributed by atoms with Crippen molar-refractivity contribution in [1.29, 1.82) is 0 Å². The Morgan fingerprint density at radius 3 is 2.73 bits per heavy atom. The molecule has 2 N–H and O–H groups in total. The van der Waals surface area contributed by atoms with Gasteiger partial charge in [-0.15, -0.1) is 11.8 Å². The van der Waals surface area contributed by atoms with E-state index in [-0.39, 0.29) is 11.2 Å². The largest absolute Gasteiger partial charge is 0.342 e. The summed E-state index contributed by atoms with van der Waals surface area (Å²) in [4.78, 5) is 13.8. The maximum absolute atomic E-state index is 12.6. The summed E-state index contributed by atoms with van der Waals surface area (Å²) in [6, 6.07) is 16.6. The van der Waals surface area contributed by atoms with Crippen molar-refractivity contribution in [2.45, 2.75) is 22.1 Å². The Labute approximate surface area is 142 Å². The minimum Gasteiger partial charge on any atom is -0.342 e. The molecule has 1 spiro atoms. The summed E-state index contributed by atoms with van der Waals surface area (Å²) in [6.45, 7) is 0.525. The molecule has 2 aromatic rings. The highest BCUT2D eigenvalue weighted by atomic mass is 79.9. The van der Waals surface area contributed by atoms with Gasteiger partial charge in [-0.1, -0.05) is 46.3 Å². The lowest BCUT2D eigenvalue weighted by atomic mass is 9.83. The molecule has 1 fully saturated rings. The van der Waals surface area contributed by atoms with E-state index in [9.17, 15) is 4.79 Å². The second-order valence-electron chi connectivity index (χ2n) is 5.63. The van der Waals surface area contributed by atoms with Gasteiger partial charge in [0.15, 0.2) is 0 Å². The fraction of sp³-hybridized carbons (Fsp3) is 0.235. The van der Waals surface area contributed by atoms with Crippen molar-refractivity contribution in [3.63, 3.8) is 0 Å². The average molecular weight is 375 g/mol. The highest BCUT2D eigenvalue weighted by molar-refractivity contribution is 9.10. The molecule has 2 unspecified atom stereocenters. The molecule has 2 aromatic carbocycles. The minimum atomic E-state index is -0.620. The summed E-state index contributed by atoms with van der Waals surface area (Å²) in [6.07, 6.45) is 0.761. The van der Waals surface area contributed by atoms with Crippen LogP contribution in [0.2, 0.25) is 0 Å². The number of halogens is 1. The van der Waals surface area contributed by atoms with Crippen molar-refractivity contribution in [2.24, 2.45) is 0 Å². The van der Waals surface area contributed by atoms with E-state index in [1.54, 1.807) is 0 Å². The van der Waals surface area contributed by atoms with E-state index in [0.717, 1.165) is 16.5 Å². The van der Waals surface area contributed by atoms with Crippen LogP contribution in [-0.2, 0) is 10.3 Å². The molecular formula is C17H15BrN2OS. The summed E-state index contributed by atoms with van der Waals surface area (Å²) in [5.74, 6) is 0.0769. The van der Waals surface area contributed by atoms with Crippen molar-refractivity contribution in [3.05, 3.63) is 64.1 Å². The van der Waals surface area contributed by atoms with Crippen LogP contribution >= 0.6 is 27.7 Å². The topological polar surface area (TPSA) is 41.1 Å². The molecule has 3 nitrogen and oxygen atoms in total. The Bertz CT molecular complexity index is 737. The number of hydrogen-bond acceptors (Lipinski definition) is 3. The smallest absolute Gasteiger partial charge is 0.246 e. The molecule has 4 rings (SSSR count). The predicted molar refractivity (Wildman–Crippen MR) is 91.6 cm³/mol. The van der Waals surface area contributed by atoms with Crippen LogP contribution in [-0.4, -0.2) is 12.6 Å². The van der Waals surface area contributed by atoms with Crippen molar-refractivity contribution in [2.75, 3.05) is 6.67 Å². The predicted octanol–water partition coefficient (Wildman–Crippen LogP) is 3.56. The number of nitrogens with one attached hydrogen (secondary N) is 2. The molecule has 22 heavy (non-hydrogen) atoms. The van der Waals surface area contributed by atoms with Crippen LogP contribution < -0.4 is 10.6 Å². The van der Waals surface area contributed by atoms with E-state index < -0.39 is 5.54 Å². The number of rotatable bonds is 1. The van der Waals surface area contributed by atoms with Gasteiger partial charge in [0.2, 0.25) is 5.91 Å². The molecule has 0 aliphatic carbocycles. The normalized spacial score (nSPS) is 26.8. The molecular weight excluding hydrogens is 360 g/mol. The molecule has 2 heterocycles. The van der Waals surface area contributed by atoms with Crippen molar-refractivity contribution < 1.29 is 4.79 Å². The summed E-state index contributed by atoms with van der Waals surface area (Å²) >= 11 is 5.37. The van der Waals surface area contributed by atoms with Gasteiger partial charge in [0.05, 0.1) is 6.67 Å². The molecule has 1 amide bonds. The van der Waals surface area contributed by atoms with Crippen LogP contribution in [0.3, 0.4) is 0 Å². The fourth-order valence-electron chi connectivity index (χ4n) is 3.26. The highest BCUT2D eigenvalue weighted by Gasteiger charge is 2.49. The van der Waals surface area contributed by atoms with Gasteiger partial charge in [-0.25, -0.2) is 0 Å². The number of hydrogen-bond donors (Lipinski definition) is 2. The molecule has 0 saturated carbocycles. The maximum atomic E-state index is 12.6. The quantitative estimate of drug-likeness (QED) is 0.801. The van der Waals surface area contributed by atoms with Gasteiger partial charge in [0.25, 0.3) is 0 Å². The van der Waals surface area contributed by atoms with Crippen molar-refractivity contribution >= 4 is 33.6 Å². The Morgan fingerprint density at radius 2 is 2.00 bits per heavy atom. The molecule has 0 radical (unpaired) electrons. The van der Waals surface area contributed by atoms with E-state index in [1.165, 1.54) is 10.5 Å². The Hall–Kier alpha value is -1.30. The molecule has 0 bridgehead atoms. The number of amides is 1. The number of carbonyl (C=O) groups is 1. The van der Waals surface area contributed by atoms with Gasteiger partial charge in [-0.2, -0.15) is 0 Å². The second kappa shape index (κ2) is 5.41. The number of benzene rings is 2. The van der Waals surface area contributed by atoms with E-state index in [2.05, 4.69) is 63.0 Å². The monoisotopic (exact) mass is 374 g/mol. The van der Waals surface area contributed by atoms with Gasteiger partial charge < -0.3 is 5.32 Å². The summed E-state index contributed by atoms with van der Waals surface area (Å²) in [5, 5.41) is 6.62. The van der Waals surface area contributed by atoms with Crippen LogP contribution in [0.1, 0.15) is 22.8 Å². The average Bonchev–Trinajstić information content (AvgIpc) is 2.90. The highest BCUT2D eigenvalue weighted by Crippen LogP contribution is 2.52. The van der Waals surface area contributed by atoms with E-state index >= 15 is 0 Å². The van der Waals surface area contributed by atoms with Gasteiger partial charge in [0, 0.05) is 14.6 Å². The second-order valence-corrected chi connectivity index (χ2v) is 7.79. The van der Waals surface area contributed by atoms with Crippen molar-refractivity contribution in [1.82, 2.24) is 10.6 Å². The lowest BCUT2D eigenvalue weighted by Crippen LogP contribution is -2.46. The number of carbonyl (C=O) groups excluding carboxylic acids is 1. The Morgan fingerprint density at radius 1 is 1.18 bits per heavy atom. The lowest BCUT2D eigenvalue weighted by molar-refractivity contribution is -0.124. The van der Waals surface area contributed by atoms with Gasteiger partial charge in [0.1, 0.15) is 5.54 Å². The summed E-state index contributed by atoms with van der Waals surface area (Å²) in [7, 11) is 0. The van der Waals surface area contributed by atoms with Crippen LogP contribution in [0.25, 0.3) is 0 Å². The zero-order valence-electron chi connectivity index (χ0n) is 11.8. The SMILES string of the molecule is O=C1NCNC12CC(c1ccccc1)Sc1ccc(Br)cc12. The van der Waals surface area contributed by atoms with E-state index in [0.29, 0.717) is 6.67 Å². The first-order chi connectivity index (χ1) is 10.7. The van der Waals surface area contributed by atoms with Crippen LogP contribution in [0.4, 0.5) is 0 Å². The molecule has 112 valence electrons. The number of fused-ring (bicyclic) bond motifs is 2. The number of thioether (sulfide) groups is 1. The van der Waals surface area contributed by atoms with E-state index in [4.69, 9.17) is 0 Å². The molecule has 2 aliphatic rings. The standard InChI is InChI=1S/C17H15BrN2OS/c18-12-6-7-14-13(8-12)17(16(21)19-10-20-17)9-15(22-14)11-4-2-1-3-5-11/h1-8,15,20H,9-10H2,(H,19,21). The third-order valence-corrected chi connectivity index (χ3v) is 6.19. The van der Waals surface area contributed by atoms with Crippen LogP contribution in [0.15, 0.2) is 57.9 Å². The molecule has 0 aromatic heterocycles. The third kappa shape index (κ3) is 2.19. The zero-order valence-corrected chi connectivity index (χ0v) is 14.2. The first-order valence-electron chi connectivity index (χ1n) is 7.24.